The number of nitrogens with zero attached hydrogens (tertiary/aromatic N) is 3. The highest BCUT2D eigenvalue weighted by atomic mass is 16.5. The highest BCUT2D eigenvalue weighted by molar-refractivity contribution is 4.95. The van der Waals surface area contributed by atoms with Crippen LogP contribution < -0.4 is 5.32 Å². The van der Waals surface area contributed by atoms with Crippen molar-refractivity contribution in [2.45, 2.75) is 25.8 Å². The van der Waals surface area contributed by atoms with Gasteiger partial charge in [-0.2, -0.15) is 0 Å². The summed E-state index contributed by atoms with van der Waals surface area (Å²) < 4.78 is 7.05. The Morgan fingerprint density at radius 1 is 1.60 bits per heavy atom. The van der Waals surface area contributed by atoms with Crippen molar-refractivity contribution in [1.29, 1.82) is 0 Å². The van der Waals surface area contributed by atoms with Crippen LogP contribution >= 0.6 is 0 Å². The van der Waals surface area contributed by atoms with Crippen molar-refractivity contribution in [1.82, 2.24) is 20.3 Å². The summed E-state index contributed by atoms with van der Waals surface area (Å²) in [5.41, 5.74) is 1.02. The maximum atomic E-state index is 5.33. The first kappa shape index (κ1) is 12.1. The normalized spacial score (nSPS) is 13.0. The Kier molecular flexibility index (Phi) is 5.28. The smallest absolute Gasteiger partial charge is 0.0842 e. The molecule has 0 aromatic carbocycles. The molecule has 0 saturated carbocycles. The number of hydrogen-bond donors (Lipinski definition) is 1. The van der Waals surface area contributed by atoms with Crippen LogP contribution in [0.3, 0.4) is 0 Å². The number of rotatable bonds is 7. The molecule has 0 spiro atoms. The zero-order valence-electron chi connectivity index (χ0n) is 9.73. The van der Waals surface area contributed by atoms with Gasteiger partial charge < -0.3 is 10.1 Å². The fourth-order valence-corrected chi connectivity index (χ4v) is 1.46. The van der Waals surface area contributed by atoms with Gasteiger partial charge in [0.25, 0.3) is 0 Å². The average molecular weight is 212 g/mol. The van der Waals surface area contributed by atoms with Crippen LogP contribution in [0.4, 0.5) is 0 Å². The number of hydrogen-bond acceptors (Lipinski definition) is 4. The first-order chi connectivity index (χ1) is 7.26. The van der Waals surface area contributed by atoms with Crippen molar-refractivity contribution < 1.29 is 4.74 Å². The van der Waals surface area contributed by atoms with Gasteiger partial charge in [0.1, 0.15) is 0 Å². The highest BCUT2D eigenvalue weighted by Crippen LogP contribution is 2.02. The Labute approximate surface area is 90.8 Å². The second-order valence-corrected chi connectivity index (χ2v) is 3.56. The Bertz CT molecular complexity index is 274. The van der Waals surface area contributed by atoms with Crippen molar-refractivity contribution in [2.24, 2.45) is 7.05 Å². The maximum absolute atomic E-state index is 5.33. The minimum absolute atomic E-state index is 0.410. The van der Waals surface area contributed by atoms with E-state index >= 15 is 0 Å². The number of aryl methyl sites for hydroxylation is 1. The van der Waals surface area contributed by atoms with Gasteiger partial charge in [-0.05, 0) is 20.4 Å². The third-order valence-electron chi connectivity index (χ3n) is 2.33. The third kappa shape index (κ3) is 4.40. The van der Waals surface area contributed by atoms with Gasteiger partial charge in [0.05, 0.1) is 5.69 Å². The molecule has 0 bridgehead atoms. The quantitative estimate of drug-likeness (QED) is 0.664. The van der Waals surface area contributed by atoms with E-state index in [2.05, 4.69) is 15.6 Å². The van der Waals surface area contributed by atoms with E-state index in [1.165, 1.54) is 0 Å². The van der Waals surface area contributed by atoms with Crippen molar-refractivity contribution in [3.8, 4) is 0 Å². The molecule has 0 aliphatic rings. The van der Waals surface area contributed by atoms with Crippen LogP contribution in [-0.2, 0) is 18.2 Å². The van der Waals surface area contributed by atoms with Crippen molar-refractivity contribution in [2.75, 3.05) is 20.3 Å². The molecule has 0 fully saturated rings. The number of likely N-dealkylation sites (N-methyl/N-ethyl adjacent to an activating group) is 1. The molecule has 1 unspecified atom stereocenters. The molecule has 1 heterocycles. The first-order valence-corrected chi connectivity index (χ1v) is 5.36. The fraction of sp³-hybridized carbons (Fsp3) is 0.800. The predicted molar refractivity (Wildman–Crippen MR) is 58.7 cm³/mol. The van der Waals surface area contributed by atoms with E-state index in [4.69, 9.17) is 4.74 Å². The van der Waals surface area contributed by atoms with E-state index in [0.29, 0.717) is 6.04 Å². The summed E-state index contributed by atoms with van der Waals surface area (Å²) in [6.45, 7) is 3.58. The molecule has 0 amide bonds. The predicted octanol–water partition coefficient (Wildman–Crippen LogP) is 0.372. The van der Waals surface area contributed by atoms with Crippen LogP contribution in [0.5, 0.6) is 0 Å². The molecule has 0 aliphatic carbocycles. The topological polar surface area (TPSA) is 52.0 Å². The molecule has 0 aliphatic heterocycles. The number of aromatic nitrogens is 3. The molecular weight excluding hydrogens is 192 g/mol. The van der Waals surface area contributed by atoms with Gasteiger partial charge in [-0.15, -0.1) is 5.10 Å². The van der Waals surface area contributed by atoms with Gasteiger partial charge in [-0.25, -0.2) is 0 Å². The van der Waals surface area contributed by atoms with Gasteiger partial charge in [-0.1, -0.05) is 5.21 Å². The molecule has 5 heteroatoms. The van der Waals surface area contributed by atoms with Crippen molar-refractivity contribution in [3.05, 3.63) is 11.9 Å². The van der Waals surface area contributed by atoms with Crippen LogP contribution in [0.2, 0.25) is 0 Å². The fourth-order valence-electron chi connectivity index (χ4n) is 1.46. The van der Waals surface area contributed by atoms with Gasteiger partial charge >= 0.3 is 0 Å². The third-order valence-corrected chi connectivity index (χ3v) is 2.33. The molecule has 1 aromatic rings. The molecule has 1 rings (SSSR count). The SMILES string of the molecule is CCOCCC(Cc1cn(C)nn1)NC. The summed E-state index contributed by atoms with van der Waals surface area (Å²) in [5.74, 6) is 0. The number of ether oxygens (including phenoxy) is 1. The zero-order valence-corrected chi connectivity index (χ0v) is 9.73. The summed E-state index contributed by atoms with van der Waals surface area (Å²) in [7, 11) is 3.85. The highest BCUT2D eigenvalue weighted by Gasteiger charge is 2.09. The van der Waals surface area contributed by atoms with Gasteiger partial charge in [0.2, 0.25) is 0 Å². The summed E-state index contributed by atoms with van der Waals surface area (Å²) in [6, 6.07) is 0.410. The lowest BCUT2D eigenvalue weighted by molar-refractivity contribution is 0.137. The second-order valence-electron chi connectivity index (χ2n) is 3.56. The van der Waals surface area contributed by atoms with Crippen LogP contribution in [0.1, 0.15) is 19.0 Å². The molecule has 86 valence electrons. The second kappa shape index (κ2) is 6.53. The molecule has 0 radical (unpaired) electrons. The molecule has 1 aromatic heterocycles. The Morgan fingerprint density at radius 2 is 2.40 bits per heavy atom. The molecule has 1 atom stereocenters. The minimum Gasteiger partial charge on any atom is -0.382 e. The Balaban J connectivity index is 2.33. The summed E-state index contributed by atoms with van der Waals surface area (Å²) in [5, 5.41) is 11.2. The summed E-state index contributed by atoms with van der Waals surface area (Å²) in [6.07, 6.45) is 3.85. The van der Waals surface area contributed by atoms with Gasteiger partial charge in [0, 0.05) is 38.9 Å². The van der Waals surface area contributed by atoms with E-state index < -0.39 is 0 Å². The Hall–Kier alpha value is -0.940. The van der Waals surface area contributed by atoms with E-state index in [-0.39, 0.29) is 0 Å². The van der Waals surface area contributed by atoms with Crippen molar-refractivity contribution >= 4 is 0 Å². The van der Waals surface area contributed by atoms with Crippen LogP contribution in [0.25, 0.3) is 0 Å². The van der Waals surface area contributed by atoms with Gasteiger partial charge in [-0.3, -0.25) is 4.68 Å². The Morgan fingerprint density at radius 3 is 2.93 bits per heavy atom. The standard InChI is InChI=1S/C10H20N4O/c1-4-15-6-5-9(11-2)7-10-8-14(3)13-12-10/h8-9,11H,4-7H2,1-3H3. The molecule has 1 N–H and O–H groups in total. The molecular formula is C10H20N4O. The molecule has 0 saturated heterocycles. The largest absolute Gasteiger partial charge is 0.382 e. The van der Waals surface area contributed by atoms with E-state index in [1.54, 1.807) is 4.68 Å². The van der Waals surface area contributed by atoms with E-state index in [1.807, 2.05) is 27.2 Å². The first-order valence-electron chi connectivity index (χ1n) is 5.36. The minimum atomic E-state index is 0.410. The average Bonchev–Trinajstić information content (AvgIpc) is 2.63. The van der Waals surface area contributed by atoms with Gasteiger partial charge in [0.15, 0.2) is 0 Å². The maximum Gasteiger partial charge on any atom is 0.0842 e. The lowest BCUT2D eigenvalue weighted by Gasteiger charge is -2.14. The molecule has 5 nitrogen and oxygen atoms in total. The van der Waals surface area contributed by atoms with Crippen LogP contribution in [-0.4, -0.2) is 41.3 Å². The van der Waals surface area contributed by atoms with Crippen LogP contribution in [0.15, 0.2) is 6.20 Å². The monoisotopic (exact) mass is 212 g/mol. The van der Waals surface area contributed by atoms with E-state index in [9.17, 15) is 0 Å². The summed E-state index contributed by atoms with van der Waals surface area (Å²) >= 11 is 0. The zero-order chi connectivity index (χ0) is 11.1. The lowest BCUT2D eigenvalue weighted by Crippen LogP contribution is -2.29. The van der Waals surface area contributed by atoms with E-state index in [0.717, 1.165) is 31.7 Å². The summed E-state index contributed by atoms with van der Waals surface area (Å²) in [4.78, 5) is 0. The van der Waals surface area contributed by atoms with Crippen LogP contribution in [0, 0.1) is 0 Å². The van der Waals surface area contributed by atoms with Crippen molar-refractivity contribution in [3.63, 3.8) is 0 Å². The number of nitrogens with one attached hydrogen (secondary N) is 1. The molecule has 15 heavy (non-hydrogen) atoms. The lowest BCUT2D eigenvalue weighted by atomic mass is 10.1.